The Morgan fingerprint density at radius 1 is 1.24 bits per heavy atom. The number of carbonyl (C=O) groups is 1. The number of alkyl halides is 3. The number of nitrogens with two attached hydrogens (primary N) is 1. The summed E-state index contributed by atoms with van der Waals surface area (Å²) in [7, 11) is 0. The first-order valence-corrected chi connectivity index (χ1v) is 4.55. The maximum atomic E-state index is 11.7. The van der Waals surface area contributed by atoms with Gasteiger partial charge in [-0.25, -0.2) is 4.79 Å². The lowest BCUT2D eigenvalue weighted by atomic mass is 10.2. The molecular formula is C10H10F3NO3. The maximum Gasteiger partial charge on any atom is 0.411 e. The van der Waals surface area contributed by atoms with Gasteiger partial charge in [0.25, 0.3) is 0 Å². The van der Waals surface area contributed by atoms with Crippen LogP contribution in [0.15, 0.2) is 24.3 Å². The maximum absolute atomic E-state index is 11.7. The fourth-order valence-electron chi connectivity index (χ4n) is 0.955. The van der Waals surface area contributed by atoms with Crippen LogP contribution in [0.3, 0.4) is 0 Å². The minimum absolute atomic E-state index is 0.190. The summed E-state index contributed by atoms with van der Waals surface area (Å²) in [4.78, 5) is 11.3. The summed E-state index contributed by atoms with van der Waals surface area (Å²) in [6.45, 7) is -2.20. The molecule has 7 heteroatoms. The molecule has 1 aromatic rings. The van der Waals surface area contributed by atoms with Crippen LogP contribution in [0.4, 0.5) is 18.9 Å². The number of halogens is 3. The van der Waals surface area contributed by atoms with Gasteiger partial charge in [0, 0.05) is 5.69 Å². The lowest BCUT2D eigenvalue weighted by Crippen LogP contribution is -2.19. The summed E-state index contributed by atoms with van der Waals surface area (Å²) in [5.74, 6) is -0.771. The molecule has 0 bridgehead atoms. The van der Waals surface area contributed by atoms with Crippen molar-refractivity contribution in [3.05, 3.63) is 29.8 Å². The summed E-state index contributed by atoms with van der Waals surface area (Å²) < 4.78 is 43.6. The standard InChI is InChI=1S/C10H10F3NO3/c11-10(12,13)5-16-6-17-9(15)7-1-3-8(14)4-2-7/h1-4H,5-6,14H2. The Labute approximate surface area is 95.1 Å². The number of anilines is 1. The van der Waals surface area contributed by atoms with Crippen molar-refractivity contribution < 1.29 is 27.4 Å². The van der Waals surface area contributed by atoms with Crippen molar-refractivity contribution in [2.75, 3.05) is 19.1 Å². The van der Waals surface area contributed by atoms with Crippen molar-refractivity contribution in [3.63, 3.8) is 0 Å². The highest BCUT2D eigenvalue weighted by Gasteiger charge is 2.27. The van der Waals surface area contributed by atoms with E-state index < -0.39 is 25.5 Å². The highest BCUT2D eigenvalue weighted by molar-refractivity contribution is 5.89. The van der Waals surface area contributed by atoms with Gasteiger partial charge in [0.2, 0.25) is 0 Å². The van der Waals surface area contributed by atoms with Crippen LogP contribution in [-0.4, -0.2) is 25.5 Å². The molecule has 17 heavy (non-hydrogen) atoms. The largest absolute Gasteiger partial charge is 0.435 e. The van der Waals surface area contributed by atoms with Gasteiger partial charge in [0.15, 0.2) is 6.79 Å². The van der Waals surface area contributed by atoms with Gasteiger partial charge in [-0.1, -0.05) is 0 Å². The molecule has 0 atom stereocenters. The lowest BCUT2D eigenvalue weighted by Gasteiger charge is -2.08. The van der Waals surface area contributed by atoms with E-state index in [9.17, 15) is 18.0 Å². The molecule has 0 fully saturated rings. The summed E-state index contributed by atoms with van der Waals surface area (Å²) in [5.41, 5.74) is 6.05. The zero-order valence-electron chi connectivity index (χ0n) is 8.66. The molecule has 0 heterocycles. The van der Waals surface area contributed by atoms with Crippen LogP contribution in [-0.2, 0) is 9.47 Å². The Balaban J connectivity index is 2.33. The van der Waals surface area contributed by atoms with Crippen molar-refractivity contribution >= 4 is 11.7 Å². The average molecular weight is 249 g/mol. The Morgan fingerprint density at radius 3 is 2.35 bits per heavy atom. The first kappa shape index (κ1) is 13.3. The minimum atomic E-state index is -4.44. The van der Waals surface area contributed by atoms with E-state index in [1.165, 1.54) is 24.3 Å². The van der Waals surface area contributed by atoms with Gasteiger partial charge >= 0.3 is 12.1 Å². The van der Waals surface area contributed by atoms with E-state index in [4.69, 9.17) is 5.73 Å². The number of rotatable bonds is 4. The Kier molecular flexibility index (Phi) is 4.33. The van der Waals surface area contributed by atoms with Gasteiger partial charge in [-0.3, -0.25) is 0 Å². The molecule has 0 saturated carbocycles. The second-order valence-corrected chi connectivity index (χ2v) is 3.14. The Hall–Kier alpha value is -1.76. The minimum Gasteiger partial charge on any atom is -0.435 e. The number of esters is 1. The normalized spacial score (nSPS) is 11.2. The second kappa shape index (κ2) is 5.53. The van der Waals surface area contributed by atoms with Gasteiger partial charge in [-0.05, 0) is 24.3 Å². The van der Waals surface area contributed by atoms with Crippen molar-refractivity contribution in [3.8, 4) is 0 Å². The number of hydrogen-bond acceptors (Lipinski definition) is 4. The SMILES string of the molecule is Nc1ccc(C(=O)OCOCC(F)(F)F)cc1. The van der Waals surface area contributed by atoms with E-state index in [2.05, 4.69) is 9.47 Å². The summed E-state index contributed by atoms with van der Waals surface area (Å²) in [5, 5.41) is 0. The highest BCUT2D eigenvalue weighted by Crippen LogP contribution is 2.14. The fourth-order valence-corrected chi connectivity index (χ4v) is 0.955. The number of benzene rings is 1. The summed E-state index contributed by atoms with van der Waals surface area (Å²) >= 11 is 0. The van der Waals surface area contributed by atoms with Crippen molar-refractivity contribution in [1.29, 1.82) is 0 Å². The van der Waals surface area contributed by atoms with Gasteiger partial charge < -0.3 is 15.2 Å². The zero-order chi connectivity index (χ0) is 12.9. The van der Waals surface area contributed by atoms with Crippen LogP contribution in [0.5, 0.6) is 0 Å². The molecular weight excluding hydrogens is 239 g/mol. The molecule has 0 aliphatic carbocycles. The number of carbonyl (C=O) groups excluding carboxylic acids is 1. The topological polar surface area (TPSA) is 61.6 Å². The van der Waals surface area contributed by atoms with Gasteiger partial charge in [-0.15, -0.1) is 0 Å². The summed E-state index contributed by atoms with van der Waals surface area (Å²) in [6, 6.07) is 5.77. The quantitative estimate of drug-likeness (QED) is 0.383. The summed E-state index contributed by atoms with van der Waals surface area (Å²) in [6.07, 6.45) is -4.44. The Bertz CT molecular complexity index is 375. The molecule has 0 amide bonds. The number of ether oxygens (including phenoxy) is 2. The predicted molar refractivity (Wildman–Crippen MR) is 53.1 cm³/mol. The van der Waals surface area contributed by atoms with E-state index in [1.54, 1.807) is 0 Å². The molecule has 0 aromatic heterocycles. The fraction of sp³-hybridized carbons (Fsp3) is 0.300. The van der Waals surface area contributed by atoms with Crippen molar-refractivity contribution in [2.45, 2.75) is 6.18 Å². The monoisotopic (exact) mass is 249 g/mol. The van der Waals surface area contributed by atoms with E-state index in [0.717, 1.165) is 0 Å². The van der Waals surface area contributed by atoms with Crippen LogP contribution < -0.4 is 5.73 Å². The molecule has 0 spiro atoms. The van der Waals surface area contributed by atoms with Crippen LogP contribution >= 0.6 is 0 Å². The third-order valence-corrected chi connectivity index (χ3v) is 1.69. The van der Waals surface area contributed by atoms with Crippen LogP contribution in [0.2, 0.25) is 0 Å². The highest BCUT2D eigenvalue weighted by atomic mass is 19.4. The molecule has 94 valence electrons. The zero-order valence-corrected chi connectivity index (χ0v) is 8.66. The molecule has 0 aliphatic rings. The van der Waals surface area contributed by atoms with E-state index in [1.807, 2.05) is 0 Å². The molecule has 0 radical (unpaired) electrons. The molecule has 0 saturated heterocycles. The van der Waals surface area contributed by atoms with Crippen LogP contribution in [0.25, 0.3) is 0 Å². The second-order valence-electron chi connectivity index (χ2n) is 3.14. The van der Waals surface area contributed by atoms with E-state index in [0.29, 0.717) is 5.69 Å². The Morgan fingerprint density at radius 2 is 1.82 bits per heavy atom. The third kappa shape index (κ3) is 5.21. The average Bonchev–Trinajstić information content (AvgIpc) is 2.24. The van der Waals surface area contributed by atoms with Crippen LogP contribution in [0.1, 0.15) is 10.4 Å². The molecule has 2 N–H and O–H groups in total. The lowest BCUT2D eigenvalue weighted by molar-refractivity contribution is -0.190. The van der Waals surface area contributed by atoms with Gasteiger partial charge in [-0.2, -0.15) is 13.2 Å². The number of hydrogen-bond donors (Lipinski definition) is 1. The van der Waals surface area contributed by atoms with Crippen molar-refractivity contribution in [1.82, 2.24) is 0 Å². The first-order valence-electron chi connectivity index (χ1n) is 4.55. The number of nitrogen functional groups attached to an aromatic ring is 1. The van der Waals surface area contributed by atoms with E-state index in [-0.39, 0.29) is 5.56 Å². The predicted octanol–water partition coefficient (Wildman–Crippen LogP) is 1.96. The smallest absolute Gasteiger partial charge is 0.411 e. The van der Waals surface area contributed by atoms with Gasteiger partial charge in [0.1, 0.15) is 6.61 Å². The van der Waals surface area contributed by atoms with Gasteiger partial charge in [0.05, 0.1) is 5.56 Å². The molecule has 0 aliphatic heterocycles. The molecule has 1 aromatic carbocycles. The van der Waals surface area contributed by atoms with E-state index >= 15 is 0 Å². The molecule has 1 rings (SSSR count). The first-order chi connectivity index (χ1) is 7.88. The molecule has 0 unspecified atom stereocenters. The van der Waals surface area contributed by atoms with Crippen LogP contribution in [0, 0.1) is 0 Å². The third-order valence-electron chi connectivity index (χ3n) is 1.69. The molecule has 4 nitrogen and oxygen atoms in total. The van der Waals surface area contributed by atoms with Crippen molar-refractivity contribution in [2.24, 2.45) is 0 Å².